The first kappa shape index (κ1) is 17.2. The monoisotopic (exact) mass is 384 g/mol. The Bertz CT molecular complexity index is 916. The number of benzene rings is 1. The molecule has 128 valence electrons. The van der Waals surface area contributed by atoms with E-state index >= 15 is 0 Å². The second kappa shape index (κ2) is 6.70. The second-order valence-electron chi connectivity index (χ2n) is 5.73. The van der Waals surface area contributed by atoms with Gasteiger partial charge in [0.2, 0.25) is 10.1 Å². The Morgan fingerprint density at radius 3 is 2.67 bits per heavy atom. The van der Waals surface area contributed by atoms with E-state index in [-0.39, 0.29) is 11.8 Å². The zero-order valence-electron chi connectivity index (χ0n) is 13.2. The number of aromatic nitrogens is 3. The molecule has 0 amide bonds. The van der Waals surface area contributed by atoms with Gasteiger partial charge in [-0.2, -0.15) is 0 Å². The van der Waals surface area contributed by atoms with Crippen LogP contribution in [0.5, 0.6) is 0 Å². The second-order valence-corrected chi connectivity index (χ2v) is 9.38. The molecule has 6 nitrogen and oxygen atoms in total. The molecule has 1 N–H and O–H groups in total. The number of halogens is 1. The van der Waals surface area contributed by atoms with E-state index in [1.807, 2.05) is 37.4 Å². The first-order valence-corrected chi connectivity index (χ1v) is 10.6. The summed E-state index contributed by atoms with van der Waals surface area (Å²) in [7, 11) is -2.95. The highest BCUT2D eigenvalue weighted by atomic mass is 35.5. The molecule has 2 aromatic heterocycles. The quantitative estimate of drug-likeness (QED) is 0.705. The predicted octanol–water partition coefficient (Wildman–Crippen LogP) is 3.35. The van der Waals surface area contributed by atoms with Gasteiger partial charge in [0.15, 0.2) is 0 Å². The summed E-state index contributed by atoms with van der Waals surface area (Å²) in [5, 5.41) is 9.08. The molecule has 1 aromatic carbocycles. The van der Waals surface area contributed by atoms with Crippen molar-refractivity contribution >= 4 is 42.9 Å². The summed E-state index contributed by atoms with van der Waals surface area (Å²) in [4.78, 5) is 5.34. The Labute approximate surface area is 149 Å². The molecule has 24 heavy (non-hydrogen) atoms. The van der Waals surface area contributed by atoms with Crippen molar-refractivity contribution in [3.63, 3.8) is 0 Å². The van der Waals surface area contributed by atoms with Crippen LogP contribution in [-0.4, -0.2) is 41.1 Å². The fourth-order valence-electron chi connectivity index (χ4n) is 2.19. The van der Waals surface area contributed by atoms with E-state index in [1.54, 1.807) is 4.52 Å². The van der Waals surface area contributed by atoms with Crippen molar-refractivity contribution < 1.29 is 8.42 Å². The topological polar surface area (TPSA) is 76.4 Å². The fraction of sp³-hybridized carbons (Fsp3) is 0.333. The highest BCUT2D eigenvalue weighted by molar-refractivity contribution is 7.90. The molecule has 0 fully saturated rings. The number of anilines is 1. The van der Waals surface area contributed by atoms with Crippen molar-refractivity contribution in [3.05, 3.63) is 35.5 Å². The van der Waals surface area contributed by atoms with Crippen molar-refractivity contribution in [3.8, 4) is 11.3 Å². The molecule has 0 spiro atoms. The van der Waals surface area contributed by atoms with Gasteiger partial charge in [0, 0.05) is 22.9 Å². The maximum Gasteiger partial charge on any atom is 0.214 e. The molecule has 2 heterocycles. The normalized spacial score (nSPS) is 13.3. The van der Waals surface area contributed by atoms with Gasteiger partial charge in [-0.05, 0) is 25.5 Å². The molecular formula is C15H17ClN4O2S2. The molecule has 1 unspecified atom stereocenters. The third kappa shape index (κ3) is 4.25. The predicted molar refractivity (Wildman–Crippen MR) is 98.7 cm³/mol. The summed E-state index contributed by atoms with van der Waals surface area (Å²) < 4.78 is 24.2. The summed E-state index contributed by atoms with van der Waals surface area (Å²) >= 11 is 7.33. The summed E-state index contributed by atoms with van der Waals surface area (Å²) in [5.41, 5.74) is 1.82. The van der Waals surface area contributed by atoms with Crippen LogP contribution in [0.25, 0.3) is 16.2 Å². The number of nitrogens with zero attached hydrogens (tertiary/aromatic N) is 3. The lowest BCUT2D eigenvalue weighted by Crippen LogP contribution is -2.19. The Balaban J connectivity index is 1.71. The van der Waals surface area contributed by atoms with Crippen molar-refractivity contribution in [2.75, 3.05) is 17.3 Å². The van der Waals surface area contributed by atoms with Gasteiger partial charge in [-0.25, -0.2) is 17.9 Å². The first-order chi connectivity index (χ1) is 11.3. The zero-order valence-corrected chi connectivity index (χ0v) is 15.6. The molecule has 0 bridgehead atoms. The standard InChI is InChI=1S/C15H17ClN4O2S2/c1-10(7-8-24(2,21)22)17-14-19-20-9-13(18-15(20)23-14)11-3-5-12(16)6-4-11/h3-6,9-10H,7-8H2,1-2H3,(H,17,19). The number of nitrogens with one attached hydrogen (secondary N) is 1. The molecule has 3 rings (SSSR count). The van der Waals surface area contributed by atoms with Crippen LogP contribution in [0.2, 0.25) is 5.02 Å². The van der Waals surface area contributed by atoms with Crippen LogP contribution in [-0.2, 0) is 9.84 Å². The number of rotatable bonds is 6. The van der Waals surface area contributed by atoms with Crippen LogP contribution < -0.4 is 5.32 Å². The van der Waals surface area contributed by atoms with Crippen LogP contribution in [0.15, 0.2) is 30.5 Å². The van der Waals surface area contributed by atoms with Crippen LogP contribution in [0.4, 0.5) is 5.13 Å². The van der Waals surface area contributed by atoms with Gasteiger partial charge < -0.3 is 5.32 Å². The minimum atomic E-state index is -2.95. The van der Waals surface area contributed by atoms with E-state index in [2.05, 4.69) is 15.4 Å². The van der Waals surface area contributed by atoms with Gasteiger partial charge >= 0.3 is 0 Å². The van der Waals surface area contributed by atoms with Gasteiger partial charge in [-0.3, -0.25) is 0 Å². The highest BCUT2D eigenvalue weighted by Gasteiger charge is 2.13. The molecule has 9 heteroatoms. The van der Waals surface area contributed by atoms with Gasteiger partial charge in [-0.15, -0.1) is 5.10 Å². The molecule has 0 saturated carbocycles. The molecule has 0 aliphatic heterocycles. The van der Waals surface area contributed by atoms with E-state index in [9.17, 15) is 8.42 Å². The van der Waals surface area contributed by atoms with E-state index in [4.69, 9.17) is 11.6 Å². The Morgan fingerprint density at radius 2 is 2.04 bits per heavy atom. The lowest BCUT2D eigenvalue weighted by atomic mass is 10.2. The molecule has 1 atom stereocenters. The molecule has 3 aromatic rings. The van der Waals surface area contributed by atoms with Crippen molar-refractivity contribution in [1.29, 1.82) is 0 Å². The smallest absolute Gasteiger partial charge is 0.214 e. The molecule has 0 aliphatic rings. The van der Waals surface area contributed by atoms with E-state index < -0.39 is 9.84 Å². The summed E-state index contributed by atoms with van der Waals surface area (Å²) in [6, 6.07) is 7.51. The molecule has 0 radical (unpaired) electrons. The highest BCUT2D eigenvalue weighted by Crippen LogP contribution is 2.25. The molecule has 0 saturated heterocycles. The Kier molecular flexibility index (Phi) is 4.80. The van der Waals surface area contributed by atoms with Crippen molar-refractivity contribution in [2.45, 2.75) is 19.4 Å². The maximum absolute atomic E-state index is 11.2. The third-order valence-corrected chi connectivity index (χ3v) is 5.56. The largest absolute Gasteiger partial charge is 0.358 e. The minimum absolute atomic E-state index is 0.0197. The van der Waals surface area contributed by atoms with Crippen LogP contribution in [0.1, 0.15) is 13.3 Å². The Hall–Kier alpha value is -1.64. The minimum Gasteiger partial charge on any atom is -0.358 e. The van der Waals surface area contributed by atoms with E-state index in [0.29, 0.717) is 11.4 Å². The van der Waals surface area contributed by atoms with Gasteiger partial charge in [0.05, 0.1) is 17.6 Å². The SMILES string of the molecule is CC(CCS(C)(=O)=O)Nc1nn2cc(-c3ccc(Cl)cc3)nc2s1. The lowest BCUT2D eigenvalue weighted by Gasteiger charge is -2.11. The summed E-state index contributed by atoms with van der Waals surface area (Å²) in [5.74, 6) is 0.157. The van der Waals surface area contributed by atoms with Crippen molar-refractivity contribution in [2.24, 2.45) is 0 Å². The number of hydrogen-bond donors (Lipinski definition) is 1. The van der Waals surface area contributed by atoms with E-state index in [0.717, 1.165) is 21.3 Å². The van der Waals surface area contributed by atoms with E-state index in [1.165, 1.54) is 17.6 Å². The zero-order chi connectivity index (χ0) is 17.3. The van der Waals surface area contributed by atoms with Gasteiger partial charge in [0.25, 0.3) is 0 Å². The number of sulfone groups is 1. The summed E-state index contributed by atoms with van der Waals surface area (Å²) in [6.07, 6.45) is 3.65. The molecule has 0 aliphatic carbocycles. The number of fused-ring (bicyclic) bond motifs is 1. The number of hydrogen-bond acceptors (Lipinski definition) is 6. The number of imidazole rings is 1. The van der Waals surface area contributed by atoms with Crippen LogP contribution in [0.3, 0.4) is 0 Å². The average Bonchev–Trinajstić information content (AvgIpc) is 3.03. The summed E-state index contributed by atoms with van der Waals surface area (Å²) in [6.45, 7) is 1.94. The third-order valence-electron chi connectivity index (χ3n) is 3.47. The van der Waals surface area contributed by atoms with Gasteiger partial charge in [-0.1, -0.05) is 35.1 Å². The fourth-order valence-corrected chi connectivity index (χ4v) is 3.99. The molecular weight excluding hydrogens is 368 g/mol. The van der Waals surface area contributed by atoms with Crippen molar-refractivity contribution in [1.82, 2.24) is 14.6 Å². The maximum atomic E-state index is 11.2. The van der Waals surface area contributed by atoms with Gasteiger partial charge in [0.1, 0.15) is 9.84 Å². The van der Waals surface area contributed by atoms with Crippen LogP contribution in [0, 0.1) is 0 Å². The average molecular weight is 385 g/mol. The lowest BCUT2D eigenvalue weighted by molar-refractivity contribution is 0.595. The Morgan fingerprint density at radius 1 is 1.33 bits per heavy atom. The van der Waals surface area contributed by atoms with Crippen LogP contribution >= 0.6 is 22.9 Å². The first-order valence-electron chi connectivity index (χ1n) is 7.36.